The number of likely N-dealkylation sites (N-methyl/N-ethyl adjacent to an activating group) is 1. The van der Waals surface area contributed by atoms with Gasteiger partial charge in [0.1, 0.15) is 23.9 Å². The molecule has 1 saturated carbocycles. The van der Waals surface area contributed by atoms with Crippen LogP contribution in [0.5, 0.6) is 5.75 Å². The molecule has 4 aliphatic rings. The molecule has 2 saturated heterocycles. The average Bonchev–Trinajstić information content (AvgIpc) is 3.60. The monoisotopic (exact) mass is 989 g/mol. The highest BCUT2D eigenvalue weighted by molar-refractivity contribution is 5.96. The van der Waals surface area contributed by atoms with Crippen LogP contribution in [0, 0.1) is 17.3 Å². The van der Waals surface area contributed by atoms with Gasteiger partial charge in [0.05, 0.1) is 30.5 Å². The average molecular weight is 989 g/mol. The van der Waals surface area contributed by atoms with E-state index in [1.807, 2.05) is 25.1 Å². The standard InChI is InChI=1S/C56H76N8O8/c1-8-61-47-20-19-38-29-43(47)44(51(61)42-17-14-22-58-46(42)33-71-7)30-56(5,6)34-72-49(66)18-12-13-23-64(57)54(69)45(27-36-25-40(38)28-41(65)26-36)59-52(67)50(37-15-10-11-16-37)62(9-2)53(68)39-21-24-60(31-39)55(70)48-32-63(48)35(3)4/h14,17,19-20,22,25-26,28-29,35,37,39,45,48,50,65H,8-13,15-16,18,21,23-24,27,30-34,57H2,1-7H3,(H,59,67). The number of ether oxygens (including phenoxy) is 2. The van der Waals surface area contributed by atoms with Gasteiger partial charge in [-0.05, 0) is 131 Å². The normalized spacial score (nSPS) is 22.6. The van der Waals surface area contributed by atoms with Gasteiger partial charge >= 0.3 is 5.97 Å². The molecule has 0 radical (unpaired) electrons. The molecule has 5 heterocycles. The molecule has 5 unspecified atom stereocenters. The number of aromatic nitrogens is 2. The number of rotatable bonds is 12. The number of hydrazine groups is 1. The lowest BCUT2D eigenvalue weighted by molar-refractivity contribution is -0.147. The van der Waals surface area contributed by atoms with E-state index in [1.54, 1.807) is 35.2 Å². The van der Waals surface area contributed by atoms with Crippen LogP contribution < -0.4 is 11.2 Å². The summed E-state index contributed by atoms with van der Waals surface area (Å²) in [7, 11) is 1.66. The van der Waals surface area contributed by atoms with Crippen molar-refractivity contribution in [3.8, 4) is 28.1 Å². The van der Waals surface area contributed by atoms with Crippen LogP contribution in [0.3, 0.4) is 0 Å². The summed E-state index contributed by atoms with van der Waals surface area (Å²) in [6.45, 7) is 15.4. The van der Waals surface area contributed by atoms with Crippen LogP contribution in [0.4, 0.5) is 0 Å². The largest absolute Gasteiger partial charge is 0.508 e. The smallest absolute Gasteiger partial charge is 0.305 e. The molecular formula is C56H76N8O8. The SMILES string of the molecule is CCN(C(=O)C1CCN(C(=O)C2CN2C(C)C)C1)C(C(=O)NC1Cc2cc(O)cc(c2)-c2ccc3c(c2)c(c(-c2cccnc2COC)n3CC)CC(C)(C)COC(=O)CCCCN(N)C1=O)C1CCCC1. The summed E-state index contributed by atoms with van der Waals surface area (Å²) in [4.78, 5) is 81.3. The lowest BCUT2D eigenvalue weighted by Gasteiger charge is -2.36. The Morgan fingerprint density at radius 1 is 0.986 bits per heavy atom. The second kappa shape index (κ2) is 22.5. The van der Waals surface area contributed by atoms with Crippen LogP contribution in [-0.2, 0) is 59.4 Å². The molecule has 2 aromatic heterocycles. The van der Waals surface area contributed by atoms with E-state index in [4.69, 9.17) is 20.3 Å². The van der Waals surface area contributed by atoms with Gasteiger partial charge in [-0.25, -0.2) is 5.84 Å². The number of carbonyl (C=O) groups excluding carboxylic acids is 5. The van der Waals surface area contributed by atoms with E-state index >= 15 is 4.79 Å². The summed E-state index contributed by atoms with van der Waals surface area (Å²) in [5.41, 5.74) is 6.51. The molecule has 8 rings (SSSR count). The highest BCUT2D eigenvalue weighted by Gasteiger charge is 2.47. The van der Waals surface area contributed by atoms with Gasteiger partial charge in [-0.2, -0.15) is 0 Å². The van der Waals surface area contributed by atoms with Gasteiger partial charge in [-0.15, -0.1) is 0 Å². The first-order valence-electron chi connectivity index (χ1n) is 26.3. The summed E-state index contributed by atoms with van der Waals surface area (Å²) < 4.78 is 13.9. The zero-order chi connectivity index (χ0) is 51.4. The number of amides is 4. The fourth-order valence-electron chi connectivity index (χ4n) is 11.6. The third-order valence-corrected chi connectivity index (χ3v) is 15.4. The molecule has 72 heavy (non-hydrogen) atoms. The number of esters is 1. The number of nitrogens with two attached hydrogens (primary N) is 1. The highest BCUT2D eigenvalue weighted by atomic mass is 16.5. The molecule has 5 atom stereocenters. The predicted molar refractivity (Wildman–Crippen MR) is 276 cm³/mol. The number of aryl methyl sites for hydroxylation is 1. The fraction of sp³-hybridized carbons (Fsp3) is 0.571. The van der Waals surface area contributed by atoms with Gasteiger partial charge in [0.25, 0.3) is 5.91 Å². The summed E-state index contributed by atoms with van der Waals surface area (Å²) in [5.74, 6) is 4.57. The van der Waals surface area contributed by atoms with Crippen molar-refractivity contribution in [2.75, 3.05) is 46.4 Å². The maximum atomic E-state index is 15.0. The lowest BCUT2D eigenvalue weighted by atomic mass is 9.84. The van der Waals surface area contributed by atoms with Crippen molar-refractivity contribution in [1.82, 2.24) is 34.6 Å². The van der Waals surface area contributed by atoms with E-state index < -0.39 is 35.2 Å². The number of pyridine rings is 1. The number of phenols is 1. The first-order valence-corrected chi connectivity index (χ1v) is 26.3. The molecule has 16 heteroatoms. The summed E-state index contributed by atoms with van der Waals surface area (Å²) in [5, 5.41) is 16.6. The summed E-state index contributed by atoms with van der Waals surface area (Å²) in [6, 6.07) is 13.6. The molecule has 3 aliphatic heterocycles. The number of hydrogen-bond donors (Lipinski definition) is 3. The Balaban J connectivity index is 1.14. The van der Waals surface area contributed by atoms with E-state index in [9.17, 15) is 24.3 Å². The van der Waals surface area contributed by atoms with Crippen LogP contribution in [0.25, 0.3) is 33.3 Å². The number of methoxy groups -OCH3 is 1. The number of hydrogen-bond acceptors (Lipinski definition) is 11. The first kappa shape index (κ1) is 52.5. The molecule has 4 bridgehead atoms. The van der Waals surface area contributed by atoms with Crippen molar-refractivity contribution in [2.24, 2.45) is 23.1 Å². The zero-order valence-corrected chi connectivity index (χ0v) is 43.5. The van der Waals surface area contributed by atoms with Crippen molar-refractivity contribution in [3.63, 3.8) is 0 Å². The van der Waals surface area contributed by atoms with Gasteiger partial charge < -0.3 is 34.3 Å². The first-order chi connectivity index (χ1) is 34.5. The summed E-state index contributed by atoms with van der Waals surface area (Å²) >= 11 is 0. The fourth-order valence-corrected chi connectivity index (χ4v) is 11.6. The Hall–Kier alpha value is -5.84. The predicted octanol–water partition coefficient (Wildman–Crippen LogP) is 6.62. The maximum absolute atomic E-state index is 15.0. The highest BCUT2D eigenvalue weighted by Crippen LogP contribution is 2.42. The number of phenolic OH excluding ortho intramolecular Hbond substituents is 1. The number of fused-ring (bicyclic) bond motifs is 4. The molecular weight excluding hydrogens is 913 g/mol. The number of nitrogens with zero attached hydrogens (tertiary/aromatic N) is 6. The van der Waals surface area contributed by atoms with Crippen molar-refractivity contribution >= 4 is 40.5 Å². The molecule has 0 spiro atoms. The van der Waals surface area contributed by atoms with Crippen molar-refractivity contribution in [3.05, 3.63) is 71.5 Å². The number of likely N-dealkylation sites (tertiary alicyclic amines) is 1. The molecule has 4 amide bonds. The third kappa shape index (κ3) is 11.5. The minimum atomic E-state index is -1.16. The zero-order valence-electron chi connectivity index (χ0n) is 43.5. The number of cyclic esters (lactones) is 1. The number of nitrogens with one attached hydrogen (secondary N) is 1. The van der Waals surface area contributed by atoms with Crippen molar-refractivity contribution in [1.29, 1.82) is 0 Å². The van der Waals surface area contributed by atoms with Crippen LogP contribution >= 0.6 is 0 Å². The van der Waals surface area contributed by atoms with Crippen LogP contribution in [0.15, 0.2) is 54.7 Å². The van der Waals surface area contributed by atoms with E-state index in [2.05, 4.69) is 67.6 Å². The lowest BCUT2D eigenvalue weighted by Crippen LogP contribution is -2.59. The van der Waals surface area contributed by atoms with E-state index in [0.29, 0.717) is 63.1 Å². The molecule has 4 N–H and O–H groups in total. The number of benzene rings is 2. The van der Waals surface area contributed by atoms with Crippen LogP contribution in [0.1, 0.15) is 110 Å². The van der Waals surface area contributed by atoms with Gasteiger partial charge in [0.2, 0.25) is 17.7 Å². The van der Waals surface area contributed by atoms with E-state index in [0.717, 1.165) is 76.2 Å². The number of aromatic hydroxyl groups is 1. The minimum Gasteiger partial charge on any atom is -0.508 e. The second-order valence-corrected chi connectivity index (χ2v) is 21.6. The van der Waals surface area contributed by atoms with Crippen LogP contribution in [-0.4, -0.2) is 135 Å². The molecule has 388 valence electrons. The number of carbonyl (C=O) groups is 5. The van der Waals surface area contributed by atoms with Crippen molar-refractivity contribution in [2.45, 2.75) is 143 Å². The van der Waals surface area contributed by atoms with Gasteiger partial charge in [0, 0.05) is 93.3 Å². The van der Waals surface area contributed by atoms with E-state index in [-0.39, 0.29) is 74.1 Å². The Morgan fingerprint density at radius 3 is 2.47 bits per heavy atom. The molecule has 2 aromatic carbocycles. The van der Waals surface area contributed by atoms with E-state index in [1.165, 1.54) is 0 Å². The molecule has 4 aromatic rings. The van der Waals surface area contributed by atoms with Gasteiger partial charge in [-0.1, -0.05) is 38.8 Å². The molecule has 3 fully saturated rings. The van der Waals surface area contributed by atoms with Crippen molar-refractivity contribution < 1.29 is 38.6 Å². The molecule has 1 aliphatic carbocycles. The quantitative estimate of drug-likeness (QED) is 0.0599. The third-order valence-electron chi connectivity index (χ3n) is 15.4. The second-order valence-electron chi connectivity index (χ2n) is 21.6. The molecule has 16 nitrogen and oxygen atoms in total. The Kier molecular flexibility index (Phi) is 16.4. The van der Waals surface area contributed by atoms with Gasteiger partial charge in [-0.3, -0.25) is 38.9 Å². The minimum absolute atomic E-state index is 0.000950. The Bertz CT molecular complexity index is 2640. The Morgan fingerprint density at radius 2 is 1.76 bits per heavy atom. The maximum Gasteiger partial charge on any atom is 0.305 e. The topological polar surface area (TPSA) is 193 Å². The summed E-state index contributed by atoms with van der Waals surface area (Å²) in [6.07, 6.45) is 7.19. The Labute approximate surface area is 424 Å². The van der Waals surface area contributed by atoms with Gasteiger partial charge in [0.15, 0.2) is 0 Å². The van der Waals surface area contributed by atoms with Crippen LogP contribution in [0.2, 0.25) is 0 Å².